The van der Waals surface area contributed by atoms with Crippen LogP contribution in [-0.4, -0.2) is 15.7 Å². The van der Waals surface area contributed by atoms with E-state index in [4.69, 9.17) is 5.73 Å². The zero-order chi connectivity index (χ0) is 13.2. The van der Waals surface area contributed by atoms with Crippen LogP contribution < -0.4 is 5.73 Å². The highest BCUT2D eigenvalue weighted by Crippen LogP contribution is 2.31. The van der Waals surface area contributed by atoms with Gasteiger partial charge in [-0.25, -0.2) is 9.97 Å². The molecule has 0 saturated heterocycles. The standard InChI is InChI=1S/C14H23N3S/c1-14(2,3)13-16-11(15)8-12(17-13)18-9-10-6-4-5-7-10/h8,10H,4-7,9H2,1-3H3,(H2,15,16,17). The van der Waals surface area contributed by atoms with Crippen molar-refractivity contribution in [1.29, 1.82) is 0 Å². The van der Waals surface area contributed by atoms with Gasteiger partial charge in [0.05, 0.1) is 0 Å². The van der Waals surface area contributed by atoms with Crippen molar-refractivity contribution in [2.75, 3.05) is 11.5 Å². The minimum Gasteiger partial charge on any atom is -0.384 e. The van der Waals surface area contributed by atoms with Crippen LogP contribution in [0.25, 0.3) is 0 Å². The quantitative estimate of drug-likeness (QED) is 0.669. The van der Waals surface area contributed by atoms with E-state index in [-0.39, 0.29) is 5.41 Å². The average Bonchev–Trinajstić information content (AvgIpc) is 2.77. The van der Waals surface area contributed by atoms with Crippen molar-refractivity contribution in [1.82, 2.24) is 9.97 Å². The van der Waals surface area contributed by atoms with E-state index < -0.39 is 0 Å². The smallest absolute Gasteiger partial charge is 0.137 e. The minimum absolute atomic E-state index is 0.0436. The van der Waals surface area contributed by atoms with Gasteiger partial charge in [-0.1, -0.05) is 33.6 Å². The SMILES string of the molecule is CC(C)(C)c1nc(N)cc(SCC2CCCC2)n1. The summed E-state index contributed by atoms with van der Waals surface area (Å²) in [7, 11) is 0. The van der Waals surface area contributed by atoms with Gasteiger partial charge >= 0.3 is 0 Å². The molecule has 0 bridgehead atoms. The van der Waals surface area contributed by atoms with Crippen molar-refractivity contribution in [3.63, 3.8) is 0 Å². The average molecular weight is 265 g/mol. The van der Waals surface area contributed by atoms with Crippen LogP contribution in [0, 0.1) is 5.92 Å². The number of thioether (sulfide) groups is 1. The molecule has 1 heterocycles. The maximum absolute atomic E-state index is 5.88. The van der Waals surface area contributed by atoms with Gasteiger partial charge in [-0.2, -0.15) is 0 Å². The second kappa shape index (κ2) is 5.47. The van der Waals surface area contributed by atoms with Gasteiger partial charge in [0.25, 0.3) is 0 Å². The summed E-state index contributed by atoms with van der Waals surface area (Å²) in [6.45, 7) is 6.35. The molecule has 100 valence electrons. The van der Waals surface area contributed by atoms with Gasteiger partial charge in [0.15, 0.2) is 0 Å². The predicted molar refractivity (Wildman–Crippen MR) is 77.8 cm³/mol. The number of anilines is 1. The van der Waals surface area contributed by atoms with Crippen molar-refractivity contribution in [3.8, 4) is 0 Å². The minimum atomic E-state index is -0.0436. The van der Waals surface area contributed by atoms with Crippen LogP contribution in [0.5, 0.6) is 0 Å². The number of rotatable bonds is 3. The fourth-order valence-corrected chi connectivity index (χ4v) is 3.33. The molecule has 1 aliphatic rings. The number of nitrogen functional groups attached to an aromatic ring is 1. The van der Waals surface area contributed by atoms with E-state index in [1.807, 2.05) is 17.8 Å². The number of hydrogen-bond donors (Lipinski definition) is 1. The van der Waals surface area contributed by atoms with Crippen LogP contribution in [0.15, 0.2) is 11.1 Å². The molecule has 0 radical (unpaired) electrons. The largest absolute Gasteiger partial charge is 0.384 e. The second-order valence-electron chi connectivity index (χ2n) is 6.17. The van der Waals surface area contributed by atoms with Crippen molar-refractivity contribution in [3.05, 3.63) is 11.9 Å². The molecule has 0 aromatic carbocycles. The number of aromatic nitrogens is 2. The molecule has 0 amide bonds. The summed E-state index contributed by atoms with van der Waals surface area (Å²) in [5.41, 5.74) is 5.83. The van der Waals surface area contributed by atoms with Gasteiger partial charge < -0.3 is 5.73 Å². The van der Waals surface area contributed by atoms with E-state index in [2.05, 4.69) is 30.7 Å². The molecule has 0 unspecified atom stereocenters. The summed E-state index contributed by atoms with van der Waals surface area (Å²) in [6, 6.07) is 1.90. The maximum Gasteiger partial charge on any atom is 0.137 e. The summed E-state index contributed by atoms with van der Waals surface area (Å²) in [6.07, 6.45) is 5.54. The number of nitrogens with zero attached hydrogens (tertiary/aromatic N) is 2. The van der Waals surface area contributed by atoms with E-state index in [9.17, 15) is 0 Å². The number of nitrogens with two attached hydrogens (primary N) is 1. The van der Waals surface area contributed by atoms with Crippen LogP contribution in [0.1, 0.15) is 52.3 Å². The molecule has 2 N–H and O–H groups in total. The van der Waals surface area contributed by atoms with Crippen LogP contribution in [-0.2, 0) is 5.41 Å². The maximum atomic E-state index is 5.88. The molecular formula is C14H23N3S. The van der Waals surface area contributed by atoms with Crippen molar-refractivity contribution < 1.29 is 0 Å². The third kappa shape index (κ3) is 3.61. The van der Waals surface area contributed by atoms with Crippen molar-refractivity contribution in [2.24, 2.45) is 5.92 Å². The first-order chi connectivity index (χ1) is 8.45. The topological polar surface area (TPSA) is 51.8 Å². The van der Waals surface area contributed by atoms with Crippen LogP contribution in [0.3, 0.4) is 0 Å². The first kappa shape index (κ1) is 13.7. The molecule has 3 nitrogen and oxygen atoms in total. The summed E-state index contributed by atoms with van der Waals surface area (Å²) >= 11 is 1.83. The van der Waals surface area contributed by atoms with Crippen LogP contribution in [0.4, 0.5) is 5.82 Å². The number of hydrogen-bond acceptors (Lipinski definition) is 4. The Labute approximate surface area is 114 Å². The zero-order valence-electron chi connectivity index (χ0n) is 11.6. The molecule has 0 aliphatic heterocycles. The van der Waals surface area contributed by atoms with Gasteiger partial charge in [-0.15, -0.1) is 11.8 Å². The molecular weight excluding hydrogens is 242 g/mol. The summed E-state index contributed by atoms with van der Waals surface area (Å²) in [5.74, 6) is 3.46. The van der Waals surface area contributed by atoms with Crippen LogP contribution >= 0.6 is 11.8 Å². The Kier molecular flexibility index (Phi) is 4.15. The van der Waals surface area contributed by atoms with Crippen LogP contribution in [0.2, 0.25) is 0 Å². The summed E-state index contributed by atoms with van der Waals surface area (Å²) in [5, 5.41) is 1.03. The zero-order valence-corrected chi connectivity index (χ0v) is 12.4. The Morgan fingerprint density at radius 2 is 1.94 bits per heavy atom. The fourth-order valence-electron chi connectivity index (χ4n) is 2.23. The molecule has 2 rings (SSSR count). The molecule has 1 aromatic heterocycles. The van der Waals surface area contributed by atoms with Crippen molar-refractivity contribution in [2.45, 2.75) is 56.9 Å². The van der Waals surface area contributed by atoms with Gasteiger partial charge in [0.1, 0.15) is 16.7 Å². The molecule has 18 heavy (non-hydrogen) atoms. The Balaban J connectivity index is 2.05. The van der Waals surface area contributed by atoms with E-state index in [0.29, 0.717) is 5.82 Å². The Hall–Kier alpha value is -0.770. The highest BCUT2D eigenvalue weighted by Gasteiger charge is 2.20. The molecule has 0 spiro atoms. The lowest BCUT2D eigenvalue weighted by Gasteiger charge is -2.18. The first-order valence-corrected chi connectivity index (χ1v) is 7.71. The third-order valence-corrected chi connectivity index (χ3v) is 4.48. The Morgan fingerprint density at radius 3 is 2.56 bits per heavy atom. The summed E-state index contributed by atoms with van der Waals surface area (Å²) in [4.78, 5) is 8.98. The van der Waals surface area contributed by atoms with Gasteiger partial charge in [0, 0.05) is 17.2 Å². The highest BCUT2D eigenvalue weighted by molar-refractivity contribution is 7.99. The highest BCUT2D eigenvalue weighted by atomic mass is 32.2. The monoisotopic (exact) mass is 265 g/mol. The summed E-state index contributed by atoms with van der Waals surface area (Å²) < 4.78 is 0. The van der Waals surface area contributed by atoms with Gasteiger partial charge in [0.2, 0.25) is 0 Å². The first-order valence-electron chi connectivity index (χ1n) is 6.73. The third-order valence-electron chi connectivity index (χ3n) is 3.33. The Morgan fingerprint density at radius 1 is 1.28 bits per heavy atom. The lowest BCUT2D eigenvalue weighted by molar-refractivity contribution is 0.539. The van der Waals surface area contributed by atoms with E-state index in [1.54, 1.807) is 0 Å². The molecule has 1 saturated carbocycles. The lowest BCUT2D eigenvalue weighted by atomic mass is 9.96. The van der Waals surface area contributed by atoms with Gasteiger partial charge in [-0.3, -0.25) is 0 Å². The fraction of sp³-hybridized carbons (Fsp3) is 0.714. The van der Waals surface area contributed by atoms with Crippen molar-refractivity contribution >= 4 is 17.6 Å². The molecule has 1 aromatic rings. The molecule has 1 aliphatic carbocycles. The van der Waals surface area contributed by atoms with E-state index in [1.165, 1.54) is 31.4 Å². The normalized spacial score (nSPS) is 17.3. The molecule has 4 heteroatoms. The van der Waals surface area contributed by atoms with E-state index >= 15 is 0 Å². The molecule has 0 atom stereocenters. The Bertz CT molecular complexity index is 406. The second-order valence-corrected chi connectivity index (χ2v) is 7.21. The van der Waals surface area contributed by atoms with Gasteiger partial charge in [-0.05, 0) is 18.8 Å². The lowest BCUT2D eigenvalue weighted by Crippen LogP contribution is -2.17. The van der Waals surface area contributed by atoms with E-state index in [0.717, 1.165) is 16.8 Å². The predicted octanol–water partition coefficient (Wildman–Crippen LogP) is 3.64. The molecule has 1 fully saturated rings.